The highest BCUT2D eigenvalue weighted by atomic mass is 19.4. The summed E-state index contributed by atoms with van der Waals surface area (Å²) in [5.41, 5.74) is -4.41. The van der Waals surface area contributed by atoms with Gasteiger partial charge in [-0.1, -0.05) is 0 Å². The first kappa shape index (κ1) is 23.0. The number of hydrogen-bond donors (Lipinski definition) is 1. The number of carbonyl (C=O) groups is 1. The molecule has 1 aliphatic heterocycles. The zero-order valence-corrected chi connectivity index (χ0v) is 16.1. The molecule has 12 heteroatoms. The maximum atomic E-state index is 14.4. The largest absolute Gasteiger partial charge is 0.426 e. The van der Waals surface area contributed by atoms with Gasteiger partial charge in [-0.3, -0.25) is 4.79 Å². The van der Waals surface area contributed by atoms with Crippen LogP contribution in [0.1, 0.15) is 36.9 Å². The van der Waals surface area contributed by atoms with Gasteiger partial charge in [0.25, 0.3) is 5.91 Å². The van der Waals surface area contributed by atoms with Crippen LogP contribution < -0.4 is 0 Å². The molecule has 3 rings (SSSR count). The summed E-state index contributed by atoms with van der Waals surface area (Å²) in [5.74, 6) is -2.92. The summed E-state index contributed by atoms with van der Waals surface area (Å²) in [7, 11) is 0. The molecule has 0 radical (unpaired) electrons. The van der Waals surface area contributed by atoms with Gasteiger partial charge in [-0.15, -0.1) is 0 Å². The molecule has 1 aromatic carbocycles. The van der Waals surface area contributed by atoms with Crippen LogP contribution in [0.15, 0.2) is 30.5 Å². The topological polar surface area (TPSA) is 58.4 Å². The first-order valence-corrected chi connectivity index (χ1v) is 9.23. The summed E-state index contributed by atoms with van der Waals surface area (Å²) in [5, 5.41) is 13.5. The van der Waals surface area contributed by atoms with Crippen molar-refractivity contribution < 1.29 is 40.6 Å². The van der Waals surface area contributed by atoms with E-state index in [1.54, 1.807) is 0 Å². The molecule has 1 fully saturated rings. The van der Waals surface area contributed by atoms with Crippen molar-refractivity contribution >= 4 is 5.91 Å². The van der Waals surface area contributed by atoms with E-state index in [2.05, 4.69) is 5.10 Å². The molecule has 1 amide bonds. The predicted octanol–water partition coefficient (Wildman–Crippen LogP) is 4.05. The van der Waals surface area contributed by atoms with Crippen LogP contribution in [-0.2, 0) is 11.0 Å². The van der Waals surface area contributed by atoms with E-state index in [0.717, 1.165) is 21.7 Å². The van der Waals surface area contributed by atoms with Gasteiger partial charge in [-0.25, -0.2) is 9.07 Å². The fraction of sp³-hybridized carbons (Fsp3) is 0.474. The minimum absolute atomic E-state index is 0.0869. The van der Waals surface area contributed by atoms with Crippen molar-refractivity contribution in [2.45, 2.75) is 43.6 Å². The summed E-state index contributed by atoms with van der Waals surface area (Å²) < 4.78 is 92.5. The third-order valence-corrected chi connectivity index (χ3v) is 5.34. The Kier molecular flexibility index (Phi) is 5.80. The number of likely N-dealkylation sites (tertiary alicyclic amines) is 1. The van der Waals surface area contributed by atoms with Gasteiger partial charge >= 0.3 is 12.4 Å². The molecule has 1 aromatic heterocycles. The van der Waals surface area contributed by atoms with Gasteiger partial charge in [-0.05, 0) is 44.0 Å². The van der Waals surface area contributed by atoms with Crippen LogP contribution in [0.3, 0.4) is 0 Å². The monoisotopic (exact) mass is 453 g/mol. The zero-order chi connectivity index (χ0) is 23.2. The van der Waals surface area contributed by atoms with Crippen LogP contribution in [0, 0.1) is 5.82 Å². The Labute approximate surface area is 172 Å². The molecule has 0 saturated carbocycles. The lowest BCUT2D eigenvalue weighted by Crippen LogP contribution is -2.57. The molecular formula is C19H18F7N3O2. The SMILES string of the molecule is C[C@@](O)(C(=O)N1CCC(c2ccnn2-c2ccc(C(F)(F)F)cc2F)CC1)C(F)(F)F. The van der Waals surface area contributed by atoms with Crippen LogP contribution in [0.5, 0.6) is 0 Å². The highest BCUT2D eigenvalue weighted by molar-refractivity contribution is 5.85. The van der Waals surface area contributed by atoms with E-state index in [1.165, 1.54) is 12.3 Å². The number of aromatic nitrogens is 2. The number of aliphatic hydroxyl groups is 1. The molecule has 0 aliphatic carbocycles. The molecule has 0 unspecified atom stereocenters. The van der Waals surface area contributed by atoms with Crippen LogP contribution in [0.4, 0.5) is 30.7 Å². The molecular weight excluding hydrogens is 435 g/mol. The Balaban J connectivity index is 1.77. The molecule has 1 saturated heterocycles. The van der Waals surface area contributed by atoms with Gasteiger partial charge in [0.1, 0.15) is 11.5 Å². The molecule has 2 aromatic rings. The van der Waals surface area contributed by atoms with Gasteiger partial charge in [-0.2, -0.15) is 31.4 Å². The summed E-state index contributed by atoms with van der Waals surface area (Å²) in [6.45, 7) is 0.219. The third kappa shape index (κ3) is 4.39. The van der Waals surface area contributed by atoms with E-state index in [1.807, 2.05) is 0 Å². The summed E-state index contributed by atoms with van der Waals surface area (Å²) in [6.07, 6.45) is -8.09. The molecule has 2 heterocycles. The maximum absolute atomic E-state index is 14.4. The number of halogens is 7. The van der Waals surface area contributed by atoms with Gasteiger partial charge < -0.3 is 10.0 Å². The van der Waals surface area contributed by atoms with Gasteiger partial charge in [0, 0.05) is 30.9 Å². The van der Waals surface area contributed by atoms with E-state index in [-0.39, 0.29) is 37.5 Å². The molecule has 1 aliphatic rings. The first-order chi connectivity index (χ1) is 14.2. The lowest BCUT2D eigenvalue weighted by Gasteiger charge is -2.36. The van der Waals surface area contributed by atoms with Crippen molar-refractivity contribution in [2.24, 2.45) is 0 Å². The summed E-state index contributed by atoms with van der Waals surface area (Å²) >= 11 is 0. The Morgan fingerprint density at radius 1 is 1.10 bits per heavy atom. The van der Waals surface area contributed by atoms with Gasteiger partial charge in [0.05, 0.1) is 5.56 Å². The minimum Gasteiger partial charge on any atom is -0.373 e. The Bertz CT molecular complexity index is 958. The van der Waals surface area contributed by atoms with E-state index in [0.29, 0.717) is 18.7 Å². The second-order valence-corrected chi connectivity index (χ2v) is 7.47. The van der Waals surface area contributed by atoms with Crippen molar-refractivity contribution in [3.8, 4) is 5.69 Å². The number of benzene rings is 1. The number of alkyl halides is 6. The highest BCUT2D eigenvalue weighted by Crippen LogP contribution is 2.36. The average molecular weight is 453 g/mol. The van der Waals surface area contributed by atoms with Gasteiger partial charge in [0.2, 0.25) is 5.60 Å². The van der Waals surface area contributed by atoms with Crippen molar-refractivity contribution in [1.82, 2.24) is 14.7 Å². The van der Waals surface area contributed by atoms with Crippen LogP contribution in [-0.4, -0.2) is 50.6 Å². The Morgan fingerprint density at radius 3 is 2.23 bits per heavy atom. The number of piperidine rings is 1. The van der Waals surface area contributed by atoms with E-state index in [4.69, 9.17) is 0 Å². The maximum Gasteiger partial charge on any atom is 0.426 e. The van der Waals surface area contributed by atoms with Crippen molar-refractivity contribution in [2.75, 3.05) is 13.1 Å². The number of rotatable bonds is 3. The third-order valence-electron chi connectivity index (χ3n) is 5.34. The van der Waals surface area contributed by atoms with Crippen LogP contribution >= 0.6 is 0 Å². The number of carbonyl (C=O) groups excluding carboxylic acids is 1. The zero-order valence-electron chi connectivity index (χ0n) is 16.1. The lowest BCUT2D eigenvalue weighted by molar-refractivity contribution is -0.250. The quantitative estimate of drug-likeness (QED) is 0.714. The van der Waals surface area contributed by atoms with E-state index >= 15 is 0 Å². The van der Waals surface area contributed by atoms with Crippen LogP contribution in [0.2, 0.25) is 0 Å². The Hall–Kier alpha value is -2.63. The fourth-order valence-electron chi connectivity index (χ4n) is 3.49. The standard InChI is InChI=1S/C19H18F7N3O2/c1-17(31,19(24,25)26)16(30)28-8-5-11(6-9-28)14-4-7-27-29(14)15-3-2-12(10-13(15)20)18(21,22)23/h2-4,7,10-11,31H,5-6,8-9H2,1H3/t17-/m1/s1. The predicted molar refractivity (Wildman–Crippen MR) is 93.8 cm³/mol. The second-order valence-electron chi connectivity index (χ2n) is 7.47. The number of nitrogens with zero attached hydrogens (tertiary/aromatic N) is 3. The molecule has 5 nitrogen and oxygen atoms in total. The minimum atomic E-state index is -5.13. The van der Waals surface area contributed by atoms with E-state index in [9.17, 15) is 40.6 Å². The molecule has 31 heavy (non-hydrogen) atoms. The fourth-order valence-corrected chi connectivity index (χ4v) is 3.49. The van der Waals surface area contributed by atoms with Crippen molar-refractivity contribution in [3.63, 3.8) is 0 Å². The number of amides is 1. The first-order valence-electron chi connectivity index (χ1n) is 9.23. The van der Waals surface area contributed by atoms with Crippen molar-refractivity contribution in [3.05, 3.63) is 47.5 Å². The summed E-state index contributed by atoms with van der Waals surface area (Å²) in [6, 6.07) is 3.57. The smallest absolute Gasteiger partial charge is 0.373 e. The molecule has 1 atom stereocenters. The molecule has 0 spiro atoms. The van der Waals surface area contributed by atoms with Crippen LogP contribution in [0.25, 0.3) is 5.69 Å². The molecule has 1 N–H and O–H groups in total. The van der Waals surface area contributed by atoms with E-state index < -0.39 is 35.2 Å². The number of hydrogen-bond acceptors (Lipinski definition) is 3. The molecule has 170 valence electrons. The van der Waals surface area contributed by atoms with Crippen molar-refractivity contribution in [1.29, 1.82) is 0 Å². The second kappa shape index (κ2) is 7.81. The normalized spacial score (nSPS) is 18.2. The summed E-state index contributed by atoms with van der Waals surface area (Å²) in [4.78, 5) is 13.0. The Morgan fingerprint density at radius 2 is 1.71 bits per heavy atom. The lowest BCUT2D eigenvalue weighted by atomic mass is 9.92. The highest BCUT2D eigenvalue weighted by Gasteiger charge is 2.57. The average Bonchev–Trinajstić information content (AvgIpc) is 3.15. The van der Waals surface area contributed by atoms with Gasteiger partial charge in [0.15, 0.2) is 0 Å². The molecule has 0 bridgehead atoms.